The van der Waals surface area contributed by atoms with E-state index in [0.717, 1.165) is 58.9 Å². The van der Waals surface area contributed by atoms with E-state index in [4.69, 9.17) is 4.98 Å². The minimum absolute atomic E-state index is 0.0315. The van der Waals surface area contributed by atoms with Crippen molar-refractivity contribution in [3.8, 4) is 5.69 Å². The summed E-state index contributed by atoms with van der Waals surface area (Å²) in [6.07, 6.45) is 2.96. The van der Waals surface area contributed by atoms with Gasteiger partial charge in [0.15, 0.2) is 5.16 Å². The van der Waals surface area contributed by atoms with E-state index >= 15 is 0 Å². The van der Waals surface area contributed by atoms with E-state index in [1.165, 1.54) is 11.8 Å². The number of hydrogen-bond donors (Lipinski definition) is 0. The molecule has 0 unspecified atom stereocenters. The van der Waals surface area contributed by atoms with Gasteiger partial charge in [0.05, 0.1) is 22.0 Å². The largest absolute Gasteiger partial charge is 0.342 e. The first-order valence-electron chi connectivity index (χ1n) is 8.59. The summed E-state index contributed by atoms with van der Waals surface area (Å²) in [5.41, 5.74) is 1.61. The first-order chi connectivity index (χ1) is 12.6. The molecule has 8 heteroatoms. The number of halogens is 1. The van der Waals surface area contributed by atoms with Crippen LogP contribution in [0.15, 0.2) is 43.6 Å². The highest BCUT2D eigenvalue weighted by Crippen LogP contribution is 2.30. The second-order valence-electron chi connectivity index (χ2n) is 6.26. The lowest BCUT2D eigenvalue weighted by molar-refractivity contribution is -0.127. The number of aromatic nitrogens is 2. The molecular formula is C18H18BrN3O2S2. The molecule has 4 rings (SSSR count). The molecule has 26 heavy (non-hydrogen) atoms. The fourth-order valence-electron chi connectivity index (χ4n) is 3.19. The predicted octanol–water partition coefficient (Wildman–Crippen LogP) is 3.36. The van der Waals surface area contributed by atoms with Crippen LogP contribution in [0.3, 0.4) is 0 Å². The van der Waals surface area contributed by atoms with Crippen LogP contribution in [-0.4, -0.2) is 45.0 Å². The lowest BCUT2D eigenvalue weighted by Crippen LogP contribution is -2.30. The Labute approximate surface area is 168 Å². The zero-order valence-corrected chi connectivity index (χ0v) is 17.3. The van der Waals surface area contributed by atoms with Gasteiger partial charge in [-0.25, -0.2) is 4.98 Å². The van der Waals surface area contributed by atoms with Crippen LogP contribution in [-0.2, 0) is 11.2 Å². The average molecular weight is 452 g/mol. The molecule has 0 atom stereocenters. The van der Waals surface area contributed by atoms with E-state index in [-0.39, 0.29) is 11.5 Å². The van der Waals surface area contributed by atoms with Crippen molar-refractivity contribution in [2.45, 2.75) is 29.3 Å². The standard InChI is InChI=1S/C18H18BrN3O2S2/c19-12-3-5-13(6-4-12)22-17(24)16-14(7-10-25-16)20-18(22)26-11-15(23)21-8-1-2-9-21/h3-6H,1-2,7-11H2. The highest BCUT2D eigenvalue weighted by Gasteiger charge is 2.24. The molecule has 2 aromatic rings. The Balaban J connectivity index is 1.68. The molecule has 0 radical (unpaired) electrons. The number of likely N-dealkylation sites (tertiary alicyclic amines) is 1. The number of benzene rings is 1. The van der Waals surface area contributed by atoms with E-state index in [1.807, 2.05) is 29.2 Å². The summed E-state index contributed by atoms with van der Waals surface area (Å²) < 4.78 is 2.60. The molecule has 1 saturated heterocycles. The monoisotopic (exact) mass is 451 g/mol. The lowest BCUT2D eigenvalue weighted by Gasteiger charge is -2.17. The van der Waals surface area contributed by atoms with Gasteiger partial charge in [0.1, 0.15) is 0 Å². The van der Waals surface area contributed by atoms with Crippen LogP contribution < -0.4 is 5.56 Å². The van der Waals surface area contributed by atoms with E-state index in [2.05, 4.69) is 15.9 Å². The number of carbonyl (C=O) groups is 1. The Hall–Kier alpha value is -1.25. The van der Waals surface area contributed by atoms with Crippen molar-refractivity contribution in [1.82, 2.24) is 14.5 Å². The second kappa shape index (κ2) is 7.78. The summed E-state index contributed by atoms with van der Waals surface area (Å²) in [4.78, 5) is 32.8. The Morgan fingerprint density at radius 1 is 1.23 bits per heavy atom. The van der Waals surface area contributed by atoms with E-state index in [1.54, 1.807) is 16.3 Å². The van der Waals surface area contributed by atoms with Crippen molar-refractivity contribution in [2.75, 3.05) is 24.6 Å². The van der Waals surface area contributed by atoms with Crippen molar-refractivity contribution < 1.29 is 4.79 Å². The fraction of sp³-hybridized carbons (Fsp3) is 0.389. The maximum absolute atomic E-state index is 13.0. The van der Waals surface area contributed by atoms with Crippen LogP contribution in [0.2, 0.25) is 0 Å². The van der Waals surface area contributed by atoms with Gasteiger partial charge in [-0.1, -0.05) is 27.7 Å². The molecule has 5 nitrogen and oxygen atoms in total. The number of fused-ring (bicyclic) bond motifs is 1. The summed E-state index contributed by atoms with van der Waals surface area (Å²) in [5, 5.41) is 0.603. The molecule has 0 aliphatic carbocycles. The normalized spacial score (nSPS) is 16.1. The molecule has 1 amide bonds. The SMILES string of the molecule is O=C(CSc1nc2c(c(=O)n1-c1ccc(Br)cc1)SCC2)N1CCCC1. The van der Waals surface area contributed by atoms with Gasteiger partial charge in [-0.2, -0.15) is 0 Å². The first kappa shape index (κ1) is 18.1. The molecule has 2 aliphatic heterocycles. The zero-order chi connectivity index (χ0) is 18.1. The van der Waals surface area contributed by atoms with Crippen LogP contribution >= 0.6 is 39.5 Å². The Morgan fingerprint density at radius 3 is 2.69 bits per heavy atom. The minimum Gasteiger partial charge on any atom is -0.342 e. The van der Waals surface area contributed by atoms with Crippen molar-refractivity contribution in [1.29, 1.82) is 0 Å². The minimum atomic E-state index is -0.0315. The highest BCUT2D eigenvalue weighted by atomic mass is 79.9. The van der Waals surface area contributed by atoms with Crippen LogP contribution in [0.4, 0.5) is 0 Å². The summed E-state index contributed by atoms with van der Waals surface area (Å²) >= 11 is 6.36. The summed E-state index contributed by atoms with van der Waals surface area (Å²) in [5.74, 6) is 1.33. The Morgan fingerprint density at radius 2 is 1.96 bits per heavy atom. The molecule has 1 aromatic carbocycles. The third-order valence-corrected chi connectivity index (χ3v) is 7.09. The van der Waals surface area contributed by atoms with Gasteiger partial charge in [0.2, 0.25) is 5.91 Å². The van der Waals surface area contributed by atoms with Gasteiger partial charge in [0, 0.05) is 29.7 Å². The van der Waals surface area contributed by atoms with Gasteiger partial charge in [-0.05, 0) is 37.1 Å². The molecule has 136 valence electrons. The number of nitrogens with zero attached hydrogens (tertiary/aromatic N) is 3. The topological polar surface area (TPSA) is 55.2 Å². The van der Waals surface area contributed by atoms with Gasteiger partial charge in [0.25, 0.3) is 5.56 Å². The Kier molecular flexibility index (Phi) is 5.42. The van der Waals surface area contributed by atoms with Gasteiger partial charge >= 0.3 is 0 Å². The van der Waals surface area contributed by atoms with Crippen molar-refractivity contribution >= 4 is 45.4 Å². The Bertz CT molecular complexity index is 893. The van der Waals surface area contributed by atoms with Crippen molar-refractivity contribution in [3.05, 3.63) is 44.8 Å². The summed E-state index contributed by atoms with van der Waals surface area (Å²) in [6, 6.07) is 7.61. The zero-order valence-electron chi connectivity index (χ0n) is 14.1. The van der Waals surface area contributed by atoms with Crippen LogP contribution in [0.25, 0.3) is 5.69 Å². The molecule has 0 bridgehead atoms. The first-order valence-corrected chi connectivity index (χ1v) is 11.3. The number of thioether (sulfide) groups is 2. The lowest BCUT2D eigenvalue weighted by atomic mass is 10.3. The smallest absolute Gasteiger partial charge is 0.272 e. The summed E-state index contributed by atoms with van der Waals surface area (Å²) in [7, 11) is 0. The summed E-state index contributed by atoms with van der Waals surface area (Å²) in [6.45, 7) is 1.68. The van der Waals surface area contributed by atoms with E-state index in [0.29, 0.717) is 10.9 Å². The molecule has 3 heterocycles. The molecular weight excluding hydrogens is 434 g/mol. The maximum Gasteiger partial charge on any atom is 0.272 e. The van der Waals surface area contributed by atoms with Gasteiger partial charge < -0.3 is 4.90 Å². The highest BCUT2D eigenvalue weighted by molar-refractivity contribution is 9.10. The molecule has 0 N–H and O–H groups in total. The number of aryl methyl sites for hydroxylation is 1. The third kappa shape index (κ3) is 3.59. The van der Waals surface area contributed by atoms with E-state index in [9.17, 15) is 9.59 Å². The number of rotatable bonds is 4. The second-order valence-corrected chi connectivity index (χ2v) is 9.23. The molecule has 0 saturated carbocycles. The fourth-order valence-corrected chi connectivity index (χ4v) is 5.41. The van der Waals surface area contributed by atoms with Gasteiger partial charge in [-0.15, -0.1) is 11.8 Å². The maximum atomic E-state index is 13.0. The third-order valence-electron chi connectivity index (χ3n) is 4.53. The predicted molar refractivity (Wildman–Crippen MR) is 109 cm³/mol. The van der Waals surface area contributed by atoms with Crippen molar-refractivity contribution in [3.63, 3.8) is 0 Å². The van der Waals surface area contributed by atoms with Crippen LogP contribution in [0.5, 0.6) is 0 Å². The molecule has 1 fully saturated rings. The molecule has 0 spiro atoms. The van der Waals surface area contributed by atoms with E-state index < -0.39 is 0 Å². The number of amides is 1. The average Bonchev–Trinajstić information content (AvgIpc) is 3.32. The number of carbonyl (C=O) groups excluding carboxylic acids is 1. The quantitative estimate of drug-likeness (QED) is 0.526. The van der Waals surface area contributed by atoms with Crippen LogP contribution in [0, 0.1) is 0 Å². The van der Waals surface area contributed by atoms with Crippen LogP contribution in [0.1, 0.15) is 18.5 Å². The molecule has 1 aromatic heterocycles. The molecule has 2 aliphatic rings. The van der Waals surface area contributed by atoms with Crippen molar-refractivity contribution in [2.24, 2.45) is 0 Å². The number of hydrogen-bond acceptors (Lipinski definition) is 5. The van der Waals surface area contributed by atoms with Gasteiger partial charge in [-0.3, -0.25) is 14.2 Å².